The summed E-state index contributed by atoms with van der Waals surface area (Å²) < 4.78 is 2.10. The molecular formula is C12H15N3. The molecular weight excluding hydrogens is 186 g/mol. The van der Waals surface area contributed by atoms with Gasteiger partial charge in [-0.25, -0.2) is 4.98 Å². The molecule has 2 aromatic heterocycles. The molecule has 0 aromatic carbocycles. The highest BCUT2D eigenvalue weighted by atomic mass is 15.0. The minimum absolute atomic E-state index is 0.589. The van der Waals surface area contributed by atoms with Crippen molar-refractivity contribution in [1.82, 2.24) is 14.7 Å². The van der Waals surface area contributed by atoms with Gasteiger partial charge in [0.25, 0.3) is 0 Å². The van der Waals surface area contributed by atoms with E-state index in [2.05, 4.69) is 33.0 Å². The summed E-state index contributed by atoms with van der Waals surface area (Å²) in [7, 11) is 0. The molecule has 1 unspecified atom stereocenters. The first-order chi connectivity index (χ1) is 7.45. The molecule has 1 aliphatic heterocycles. The number of piperidine rings is 1. The van der Waals surface area contributed by atoms with Crippen LogP contribution in [0, 0.1) is 0 Å². The second-order valence-corrected chi connectivity index (χ2v) is 4.17. The molecule has 1 atom stereocenters. The molecule has 1 fully saturated rings. The second kappa shape index (κ2) is 3.66. The molecule has 78 valence electrons. The van der Waals surface area contributed by atoms with E-state index < -0.39 is 0 Å². The number of hydrogen-bond donors (Lipinski definition) is 1. The molecule has 3 heteroatoms. The number of rotatable bonds is 1. The first kappa shape index (κ1) is 8.92. The molecule has 1 N–H and O–H groups in total. The molecule has 2 aromatic rings. The fourth-order valence-corrected chi connectivity index (χ4v) is 2.36. The minimum Gasteiger partial charge on any atom is -0.316 e. The molecule has 0 saturated carbocycles. The van der Waals surface area contributed by atoms with Crippen molar-refractivity contribution in [2.45, 2.75) is 18.8 Å². The first-order valence-electron chi connectivity index (χ1n) is 5.57. The van der Waals surface area contributed by atoms with Gasteiger partial charge in [0.05, 0.1) is 17.5 Å². The average Bonchev–Trinajstić information content (AvgIpc) is 2.74. The molecule has 1 saturated heterocycles. The van der Waals surface area contributed by atoms with Gasteiger partial charge in [-0.2, -0.15) is 0 Å². The highest BCUT2D eigenvalue weighted by Crippen LogP contribution is 2.25. The zero-order valence-electron chi connectivity index (χ0n) is 8.69. The molecule has 3 rings (SSSR count). The average molecular weight is 201 g/mol. The smallest absolute Gasteiger partial charge is 0.0995 e. The highest BCUT2D eigenvalue weighted by Gasteiger charge is 2.19. The summed E-state index contributed by atoms with van der Waals surface area (Å²) in [6, 6.07) is 6.27. The van der Waals surface area contributed by atoms with Gasteiger partial charge in [0.2, 0.25) is 0 Å². The number of aromatic nitrogens is 2. The van der Waals surface area contributed by atoms with Gasteiger partial charge in [0.15, 0.2) is 0 Å². The van der Waals surface area contributed by atoms with Gasteiger partial charge in [-0.15, -0.1) is 0 Å². The van der Waals surface area contributed by atoms with Crippen LogP contribution in [0.15, 0.2) is 30.7 Å². The van der Waals surface area contributed by atoms with Crippen molar-refractivity contribution < 1.29 is 0 Å². The van der Waals surface area contributed by atoms with Crippen LogP contribution < -0.4 is 5.32 Å². The van der Waals surface area contributed by atoms with E-state index in [1.54, 1.807) is 0 Å². The summed E-state index contributed by atoms with van der Waals surface area (Å²) >= 11 is 0. The van der Waals surface area contributed by atoms with E-state index in [1.807, 2.05) is 12.4 Å². The lowest BCUT2D eigenvalue weighted by atomic mass is 9.95. The number of nitrogens with one attached hydrogen (secondary N) is 1. The Morgan fingerprint density at radius 2 is 2.40 bits per heavy atom. The van der Waals surface area contributed by atoms with Gasteiger partial charge in [-0.1, -0.05) is 6.07 Å². The lowest BCUT2D eigenvalue weighted by Crippen LogP contribution is -2.28. The number of pyridine rings is 1. The predicted molar refractivity (Wildman–Crippen MR) is 60.0 cm³/mol. The Balaban J connectivity index is 2.02. The molecule has 0 bridgehead atoms. The van der Waals surface area contributed by atoms with Crippen LogP contribution in [0.1, 0.15) is 24.5 Å². The predicted octanol–water partition coefficient (Wildman–Crippen LogP) is 1.80. The largest absolute Gasteiger partial charge is 0.316 e. The molecule has 3 nitrogen and oxygen atoms in total. The third-order valence-corrected chi connectivity index (χ3v) is 3.16. The molecule has 1 aliphatic rings. The van der Waals surface area contributed by atoms with Gasteiger partial charge in [-0.3, -0.25) is 0 Å². The van der Waals surface area contributed by atoms with E-state index in [0.717, 1.165) is 13.1 Å². The van der Waals surface area contributed by atoms with Crippen LogP contribution in [0.25, 0.3) is 5.52 Å². The number of hydrogen-bond acceptors (Lipinski definition) is 2. The lowest BCUT2D eigenvalue weighted by molar-refractivity contribution is 0.457. The van der Waals surface area contributed by atoms with Crippen molar-refractivity contribution in [1.29, 1.82) is 0 Å². The van der Waals surface area contributed by atoms with Crippen molar-refractivity contribution in [2.24, 2.45) is 0 Å². The van der Waals surface area contributed by atoms with Crippen molar-refractivity contribution >= 4 is 5.52 Å². The molecule has 0 aliphatic carbocycles. The molecule has 0 amide bonds. The third kappa shape index (κ3) is 1.53. The van der Waals surface area contributed by atoms with E-state index in [0.29, 0.717) is 5.92 Å². The number of imidazole rings is 1. The quantitative estimate of drug-likeness (QED) is 0.762. The van der Waals surface area contributed by atoms with Crippen LogP contribution in [0.4, 0.5) is 0 Å². The lowest BCUT2D eigenvalue weighted by Gasteiger charge is -2.21. The fraction of sp³-hybridized carbons (Fsp3) is 0.417. The van der Waals surface area contributed by atoms with E-state index in [-0.39, 0.29) is 0 Å². The number of nitrogens with zero attached hydrogens (tertiary/aromatic N) is 2. The summed E-state index contributed by atoms with van der Waals surface area (Å²) in [4.78, 5) is 4.54. The summed E-state index contributed by atoms with van der Waals surface area (Å²) in [6.07, 6.45) is 6.49. The van der Waals surface area contributed by atoms with Gasteiger partial charge in [-0.05, 0) is 31.5 Å². The minimum atomic E-state index is 0.589. The van der Waals surface area contributed by atoms with Crippen LogP contribution in [0.3, 0.4) is 0 Å². The Bertz CT molecular complexity index is 455. The van der Waals surface area contributed by atoms with Gasteiger partial charge in [0.1, 0.15) is 0 Å². The van der Waals surface area contributed by atoms with E-state index in [4.69, 9.17) is 0 Å². The highest BCUT2D eigenvalue weighted by molar-refractivity contribution is 5.53. The van der Waals surface area contributed by atoms with E-state index in [1.165, 1.54) is 24.1 Å². The Kier molecular flexibility index (Phi) is 2.18. The normalized spacial score (nSPS) is 22.0. The van der Waals surface area contributed by atoms with E-state index >= 15 is 0 Å². The SMILES string of the molecule is c1ccn2cnc(C3CCCNC3)c2c1. The van der Waals surface area contributed by atoms with E-state index in [9.17, 15) is 0 Å². The Labute approximate surface area is 89.1 Å². The first-order valence-corrected chi connectivity index (χ1v) is 5.57. The topological polar surface area (TPSA) is 29.3 Å². The van der Waals surface area contributed by atoms with Crippen molar-refractivity contribution in [3.63, 3.8) is 0 Å². The van der Waals surface area contributed by atoms with Crippen molar-refractivity contribution in [3.8, 4) is 0 Å². The summed E-state index contributed by atoms with van der Waals surface area (Å²) in [5, 5.41) is 3.44. The Morgan fingerprint density at radius 3 is 3.27 bits per heavy atom. The van der Waals surface area contributed by atoms with Gasteiger partial charge in [0, 0.05) is 18.7 Å². The molecule has 0 radical (unpaired) electrons. The number of fused-ring (bicyclic) bond motifs is 1. The Morgan fingerprint density at radius 1 is 1.40 bits per heavy atom. The zero-order valence-corrected chi connectivity index (χ0v) is 8.69. The zero-order chi connectivity index (χ0) is 10.1. The van der Waals surface area contributed by atoms with Gasteiger partial charge >= 0.3 is 0 Å². The molecule has 15 heavy (non-hydrogen) atoms. The molecule has 3 heterocycles. The van der Waals surface area contributed by atoms with Crippen LogP contribution in [0.5, 0.6) is 0 Å². The monoisotopic (exact) mass is 201 g/mol. The second-order valence-electron chi connectivity index (χ2n) is 4.17. The Hall–Kier alpha value is -1.35. The van der Waals surface area contributed by atoms with Crippen LogP contribution in [0.2, 0.25) is 0 Å². The fourth-order valence-electron chi connectivity index (χ4n) is 2.36. The maximum Gasteiger partial charge on any atom is 0.0995 e. The maximum absolute atomic E-state index is 4.54. The van der Waals surface area contributed by atoms with Crippen LogP contribution in [-0.2, 0) is 0 Å². The van der Waals surface area contributed by atoms with Crippen molar-refractivity contribution in [3.05, 3.63) is 36.4 Å². The van der Waals surface area contributed by atoms with Crippen molar-refractivity contribution in [2.75, 3.05) is 13.1 Å². The summed E-state index contributed by atoms with van der Waals surface area (Å²) in [5.41, 5.74) is 2.51. The van der Waals surface area contributed by atoms with Crippen LogP contribution in [-0.4, -0.2) is 22.5 Å². The summed E-state index contributed by atoms with van der Waals surface area (Å²) in [5.74, 6) is 0.589. The standard InChI is InChI=1S/C12H15N3/c1-2-7-15-9-14-12(11(15)5-1)10-4-3-6-13-8-10/h1-2,5,7,9-10,13H,3-4,6,8H2. The van der Waals surface area contributed by atoms with Gasteiger partial charge < -0.3 is 9.72 Å². The summed E-state index contributed by atoms with van der Waals surface area (Å²) in [6.45, 7) is 2.23. The van der Waals surface area contributed by atoms with Crippen LogP contribution >= 0.6 is 0 Å². The maximum atomic E-state index is 4.54. The molecule has 0 spiro atoms. The third-order valence-electron chi connectivity index (χ3n) is 3.16.